The third-order valence-corrected chi connectivity index (χ3v) is 9.05. The highest BCUT2D eigenvalue weighted by Crippen LogP contribution is 2.54. The van der Waals surface area contributed by atoms with Crippen LogP contribution in [0.1, 0.15) is 36.8 Å². The van der Waals surface area contributed by atoms with Gasteiger partial charge in [-0.1, -0.05) is 36.6 Å². The first-order valence-corrected chi connectivity index (χ1v) is 12.2. The Bertz CT molecular complexity index is 1040. The Labute approximate surface area is 184 Å². The van der Waals surface area contributed by atoms with E-state index in [4.69, 9.17) is 9.47 Å². The van der Waals surface area contributed by atoms with Crippen LogP contribution in [0.4, 0.5) is 0 Å². The van der Waals surface area contributed by atoms with Crippen molar-refractivity contribution in [3.05, 3.63) is 53.6 Å². The zero-order valence-electron chi connectivity index (χ0n) is 18.4. The van der Waals surface area contributed by atoms with Gasteiger partial charge < -0.3 is 14.6 Å². The number of fused-ring (bicyclic) bond motifs is 1. The Morgan fingerprint density at radius 1 is 1.06 bits per heavy atom. The molecule has 0 amide bonds. The van der Waals surface area contributed by atoms with Crippen molar-refractivity contribution >= 4 is 10.0 Å². The summed E-state index contributed by atoms with van der Waals surface area (Å²) < 4.78 is 39.9. The van der Waals surface area contributed by atoms with Crippen molar-refractivity contribution in [2.45, 2.75) is 49.0 Å². The largest absolute Gasteiger partial charge is 0.493 e. The fourth-order valence-electron chi connectivity index (χ4n) is 5.59. The molecule has 3 atom stereocenters. The molecule has 2 aliphatic rings. The molecular weight excluding hydrogens is 414 g/mol. The van der Waals surface area contributed by atoms with E-state index in [1.807, 2.05) is 37.3 Å². The van der Waals surface area contributed by atoms with Gasteiger partial charge in [0, 0.05) is 30.5 Å². The Kier molecular flexibility index (Phi) is 6.03. The molecule has 2 aromatic rings. The summed E-state index contributed by atoms with van der Waals surface area (Å²) >= 11 is 0. The average molecular weight is 446 g/mol. The van der Waals surface area contributed by atoms with E-state index < -0.39 is 15.4 Å². The molecule has 0 spiro atoms. The number of nitrogens with zero attached hydrogens (tertiary/aromatic N) is 1. The standard InChI is InChI=1S/C24H31NO5S/c1-17-7-10-20(11-8-17)31(27,28)25-15-19(16-26)24(13-5-4-6-23(24)25)18-9-12-21(29-2)22(14-18)30-3/h7-12,14,19,23,26H,4-6,13,15-16H2,1-3H3/t19-,23+,24-/m1/s1. The maximum atomic E-state index is 13.7. The second-order valence-corrected chi connectivity index (χ2v) is 10.5. The minimum atomic E-state index is -3.68. The highest BCUT2D eigenvalue weighted by molar-refractivity contribution is 7.89. The molecule has 1 aliphatic heterocycles. The molecular formula is C24H31NO5S. The van der Waals surface area contributed by atoms with E-state index in [2.05, 4.69) is 0 Å². The molecule has 1 saturated heterocycles. The number of hydrogen-bond donors (Lipinski definition) is 1. The zero-order valence-corrected chi connectivity index (χ0v) is 19.2. The number of methoxy groups -OCH3 is 2. The molecule has 7 heteroatoms. The maximum Gasteiger partial charge on any atom is 0.243 e. The van der Waals surface area contributed by atoms with Crippen LogP contribution in [-0.4, -0.2) is 51.2 Å². The van der Waals surface area contributed by atoms with Gasteiger partial charge in [-0.25, -0.2) is 8.42 Å². The maximum absolute atomic E-state index is 13.7. The Morgan fingerprint density at radius 2 is 1.77 bits per heavy atom. The van der Waals surface area contributed by atoms with E-state index in [9.17, 15) is 13.5 Å². The third-order valence-electron chi connectivity index (χ3n) is 7.16. The van der Waals surface area contributed by atoms with E-state index in [0.717, 1.165) is 36.8 Å². The molecule has 31 heavy (non-hydrogen) atoms. The van der Waals surface area contributed by atoms with Gasteiger partial charge in [0.2, 0.25) is 10.0 Å². The van der Waals surface area contributed by atoms with Gasteiger partial charge >= 0.3 is 0 Å². The highest BCUT2D eigenvalue weighted by Gasteiger charge is 2.58. The molecule has 2 aromatic carbocycles. The summed E-state index contributed by atoms with van der Waals surface area (Å²) in [4.78, 5) is 0.309. The minimum Gasteiger partial charge on any atom is -0.493 e. The van der Waals surface area contributed by atoms with Crippen LogP contribution in [-0.2, 0) is 15.4 Å². The molecule has 0 bridgehead atoms. The molecule has 1 aliphatic carbocycles. The molecule has 1 heterocycles. The predicted molar refractivity (Wildman–Crippen MR) is 119 cm³/mol. The van der Waals surface area contributed by atoms with Crippen molar-refractivity contribution in [3.8, 4) is 11.5 Å². The molecule has 6 nitrogen and oxygen atoms in total. The first-order chi connectivity index (χ1) is 14.9. The van der Waals surface area contributed by atoms with E-state index in [0.29, 0.717) is 22.9 Å². The van der Waals surface area contributed by atoms with Crippen LogP contribution in [0, 0.1) is 12.8 Å². The lowest BCUT2D eigenvalue weighted by Gasteiger charge is -2.44. The smallest absolute Gasteiger partial charge is 0.243 e. The van der Waals surface area contributed by atoms with Crippen molar-refractivity contribution < 1.29 is 23.0 Å². The van der Waals surface area contributed by atoms with Crippen LogP contribution in [0.2, 0.25) is 0 Å². The highest BCUT2D eigenvalue weighted by atomic mass is 32.2. The summed E-state index contributed by atoms with van der Waals surface area (Å²) in [5.41, 5.74) is 1.58. The molecule has 2 fully saturated rings. The average Bonchev–Trinajstić information content (AvgIpc) is 3.15. The quantitative estimate of drug-likeness (QED) is 0.737. The summed E-state index contributed by atoms with van der Waals surface area (Å²) in [6.07, 6.45) is 3.58. The van der Waals surface area contributed by atoms with E-state index in [1.165, 1.54) is 0 Å². The lowest BCUT2D eigenvalue weighted by atomic mass is 9.62. The third kappa shape index (κ3) is 3.52. The first kappa shape index (κ1) is 22.1. The summed E-state index contributed by atoms with van der Waals surface area (Å²) in [6.45, 7) is 2.19. The van der Waals surface area contributed by atoms with Crippen LogP contribution >= 0.6 is 0 Å². The molecule has 4 rings (SSSR count). The Hall–Kier alpha value is -2.09. The van der Waals surface area contributed by atoms with Crippen molar-refractivity contribution in [1.29, 1.82) is 0 Å². The SMILES string of the molecule is COc1ccc([C@@]23CCCC[C@@H]2N(S(=O)(=O)c2ccc(C)cc2)C[C@@H]3CO)cc1OC. The summed E-state index contributed by atoms with van der Waals surface area (Å²) in [5, 5.41) is 10.4. The Morgan fingerprint density at radius 3 is 2.42 bits per heavy atom. The van der Waals surface area contributed by atoms with Gasteiger partial charge in [0.1, 0.15) is 0 Å². The van der Waals surface area contributed by atoms with Gasteiger partial charge in [-0.2, -0.15) is 4.31 Å². The number of hydrogen-bond acceptors (Lipinski definition) is 5. The first-order valence-electron chi connectivity index (χ1n) is 10.8. The van der Waals surface area contributed by atoms with E-state index in [-0.39, 0.29) is 18.6 Å². The normalized spacial score (nSPS) is 26.5. The fraction of sp³-hybridized carbons (Fsp3) is 0.500. The van der Waals surface area contributed by atoms with E-state index >= 15 is 0 Å². The number of aliphatic hydroxyl groups is 1. The molecule has 1 saturated carbocycles. The van der Waals surface area contributed by atoms with Crippen molar-refractivity contribution in [1.82, 2.24) is 4.31 Å². The fourth-order valence-corrected chi connectivity index (χ4v) is 7.35. The number of benzene rings is 2. The monoisotopic (exact) mass is 445 g/mol. The van der Waals surface area contributed by atoms with Crippen molar-refractivity contribution in [2.75, 3.05) is 27.4 Å². The van der Waals surface area contributed by atoms with Gasteiger partial charge in [-0.05, 0) is 49.6 Å². The van der Waals surface area contributed by atoms with Gasteiger partial charge in [0.05, 0.1) is 19.1 Å². The molecule has 0 aromatic heterocycles. The van der Waals surface area contributed by atoms with Gasteiger partial charge in [0.25, 0.3) is 0 Å². The number of aliphatic hydroxyl groups excluding tert-OH is 1. The van der Waals surface area contributed by atoms with Crippen LogP contribution in [0.5, 0.6) is 11.5 Å². The van der Waals surface area contributed by atoms with Crippen molar-refractivity contribution in [2.24, 2.45) is 5.92 Å². The van der Waals surface area contributed by atoms with Crippen LogP contribution < -0.4 is 9.47 Å². The molecule has 0 radical (unpaired) electrons. The topological polar surface area (TPSA) is 76.1 Å². The predicted octanol–water partition coefficient (Wildman–Crippen LogP) is 3.51. The second-order valence-electron chi connectivity index (χ2n) is 8.64. The minimum absolute atomic E-state index is 0.0647. The number of sulfonamides is 1. The summed E-state index contributed by atoms with van der Waals surface area (Å²) in [5.74, 6) is 1.07. The lowest BCUT2D eigenvalue weighted by Crippen LogP contribution is -2.49. The van der Waals surface area contributed by atoms with Gasteiger partial charge in [-0.15, -0.1) is 0 Å². The van der Waals surface area contributed by atoms with E-state index in [1.54, 1.807) is 30.7 Å². The van der Waals surface area contributed by atoms with Crippen molar-refractivity contribution in [3.63, 3.8) is 0 Å². The zero-order chi connectivity index (χ0) is 22.2. The molecule has 168 valence electrons. The number of aryl methyl sites for hydroxylation is 1. The van der Waals surface area contributed by atoms with Crippen LogP contribution in [0.3, 0.4) is 0 Å². The number of ether oxygens (including phenoxy) is 2. The number of rotatable bonds is 6. The van der Waals surface area contributed by atoms with Gasteiger partial charge in [-0.3, -0.25) is 0 Å². The molecule has 0 unspecified atom stereocenters. The van der Waals surface area contributed by atoms with Crippen LogP contribution in [0.15, 0.2) is 47.4 Å². The van der Waals surface area contributed by atoms with Crippen LogP contribution in [0.25, 0.3) is 0 Å². The lowest BCUT2D eigenvalue weighted by molar-refractivity contribution is 0.137. The van der Waals surface area contributed by atoms with Gasteiger partial charge in [0.15, 0.2) is 11.5 Å². The second kappa shape index (κ2) is 8.45. The Balaban J connectivity index is 1.83. The summed E-state index contributed by atoms with van der Waals surface area (Å²) in [7, 11) is -0.478. The molecule has 1 N–H and O–H groups in total. The summed E-state index contributed by atoms with van der Waals surface area (Å²) in [6, 6.07) is 12.6.